The molecule has 0 aliphatic carbocycles. The molecule has 0 amide bonds. The summed E-state index contributed by atoms with van der Waals surface area (Å²) in [6.45, 7) is 2.30. The van der Waals surface area contributed by atoms with Crippen LogP contribution in [-0.2, 0) is 0 Å². The van der Waals surface area contributed by atoms with Crippen LogP contribution in [0.3, 0.4) is 0 Å². The molecule has 2 atom stereocenters. The van der Waals surface area contributed by atoms with Gasteiger partial charge >= 0.3 is 0 Å². The van der Waals surface area contributed by atoms with E-state index in [2.05, 4.69) is 41.4 Å². The highest BCUT2D eigenvalue weighted by atomic mass is 15.1. The van der Waals surface area contributed by atoms with Gasteiger partial charge in [0.2, 0.25) is 0 Å². The quantitative estimate of drug-likeness (QED) is 0.838. The van der Waals surface area contributed by atoms with E-state index in [1.165, 1.54) is 24.9 Å². The fraction of sp³-hybridized carbons (Fsp3) is 0.615. The fourth-order valence-electron chi connectivity index (χ4n) is 2.70. The monoisotopic (exact) mass is 219 g/mol. The molecule has 0 radical (unpaired) electrons. The van der Waals surface area contributed by atoms with Crippen molar-refractivity contribution in [1.29, 1.82) is 0 Å². The van der Waals surface area contributed by atoms with Gasteiger partial charge in [-0.3, -0.25) is 4.98 Å². The highest BCUT2D eigenvalue weighted by Gasteiger charge is 2.26. The van der Waals surface area contributed by atoms with Gasteiger partial charge in [0.1, 0.15) is 0 Å². The molecule has 1 saturated heterocycles. The number of rotatable bonds is 3. The fourth-order valence-corrected chi connectivity index (χ4v) is 2.70. The Hall–Kier alpha value is -0.930. The first-order chi connectivity index (χ1) is 7.79. The van der Waals surface area contributed by atoms with E-state index in [1.807, 2.05) is 12.4 Å². The van der Waals surface area contributed by atoms with Gasteiger partial charge in [0.15, 0.2) is 0 Å². The highest BCUT2D eigenvalue weighted by molar-refractivity contribution is 5.16. The molecule has 1 N–H and O–H groups in total. The van der Waals surface area contributed by atoms with E-state index in [0.29, 0.717) is 12.0 Å². The van der Waals surface area contributed by atoms with Crippen LogP contribution >= 0.6 is 0 Å². The van der Waals surface area contributed by atoms with Crippen LogP contribution in [0.25, 0.3) is 0 Å². The van der Waals surface area contributed by atoms with Crippen LogP contribution in [0.15, 0.2) is 24.5 Å². The van der Waals surface area contributed by atoms with Crippen molar-refractivity contribution < 1.29 is 0 Å². The topological polar surface area (TPSA) is 28.2 Å². The van der Waals surface area contributed by atoms with E-state index in [-0.39, 0.29) is 0 Å². The minimum atomic E-state index is 0.510. The molecule has 0 spiro atoms. The minimum Gasteiger partial charge on any atom is -0.316 e. The van der Waals surface area contributed by atoms with Crippen molar-refractivity contribution in [2.45, 2.75) is 18.9 Å². The first-order valence-electron chi connectivity index (χ1n) is 6.06. The highest BCUT2D eigenvalue weighted by Crippen LogP contribution is 2.30. The molecule has 1 aromatic heterocycles. The zero-order chi connectivity index (χ0) is 11.4. The molecule has 3 heteroatoms. The predicted octanol–water partition coefficient (Wildman–Crippen LogP) is 1.68. The van der Waals surface area contributed by atoms with Crippen LogP contribution in [0.5, 0.6) is 0 Å². The molecule has 1 aromatic rings. The number of nitrogens with zero attached hydrogens (tertiary/aromatic N) is 2. The Morgan fingerprint density at radius 2 is 2.12 bits per heavy atom. The molecule has 1 aliphatic rings. The van der Waals surface area contributed by atoms with Crippen molar-refractivity contribution >= 4 is 0 Å². The molecule has 16 heavy (non-hydrogen) atoms. The number of hydrogen-bond acceptors (Lipinski definition) is 3. The molecular weight excluding hydrogens is 198 g/mol. The standard InChI is InChI=1S/C13H21N3/c1-16(2)13(11-5-8-14-9-6-11)12-4-3-7-15-10-12/h5-6,8-9,12-13,15H,3-4,7,10H2,1-2H3. The van der Waals surface area contributed by atoms with E-state index in [4.69, 9.17) is 0 Å². The summed E-state index contributed by atoms with van der Waals surface area (Å²) in [5.41, 5.74) is 1.38. The minimum absolute atomic E-state index is 0.510. The Labute approximate surface area is 97.9 Å². The number of aromatic nitrogens is 1. The molecule has 2 heterocycles. The van der Waals surface area contributed by atoms with Crippen LogP contribution in [0.2, 0.25) is 0 Å². The zero-order valence-corrected chi connectivity index (χ0v) is 10.2. The first kappa shape index (κ1) is 11.6. The largest absolute Gasteiger partial charge is 0.316 e. The number of piperidine rings is 1. The van der Waals surface area contributed by atoms with Gasteiger partial charge in [-0.25, -0.2) is 0 Å². The van der Waals surface area contributed by atoms with Crippen molar-refractivity contribution in [3.8, 4) is 0 Å². The summed E-state index contributed by atoms with van der Waals surface area (Å²) in [5, 5.41) is 3.50. The van der Waals surface area contributed by atoms with Crippen molar-refractivity contribution in [3.05, 3.63) is 30.1 Å². The second-order valence-corrected chi connectivity index (χ2v) is 4.80. The smallest absolute Gasteiger partial charge is 0.0383 e. The summed E-state index contributed by atoms with van der Waals surface area (Å²) in [4.78, 5) is 6.42. The number of pyridine rings is 1. The molecule has 0 bridgehead atoms. The van der Waals surface area contributed by atoms with Crippen molar-refractivity contribution in [3.63, 3.8) is 0 Å². The van der Waals surface area contributed by atoms with Crippen LogP contribution < -0.4 is 5.32 Å². The molecular formula is C13H21N3. The van der Waals surface area contributed by atoms with Crippen molar-refractivity contribution in [2.24, 2.45) is 5.92 Å². The Kier molecular flexibility index (Phi) is 3.91. The van der Waals surface area contributed by atoms with Crippen molar-refractivity contribution in [2.75, 3.05) is 27.2 Å². The van der Waals surface area contributed by atoms with Gasteiger partial charge in [0.25, 0.3) is 0 Å². The Morgan fingerprint density at radius 3 is 2.69 bits per heavy atom. The van der Waals surface area contributed by atoms with Crippen LogP contribution in [0, 0.1) is 5.92 Å². The SMILES string of the molecule is CN(C)C(c1ccncc1)C1CCCNC1. The van der Waals surface area contributed by atoms with Gasteiger partial charge in [-0.1, -0.05) is 0 Å². The van der Waals surface area contributed by atoms with Gasteiger partial charge in [-0.05, 0) is 63.6 Å². The van der Waals surface area contributed by atoms with Gasteiger partial charge in [0, 0.05) is 18.4 Å². The molecule has 0 aromatic carbocycles. The molecule has 1 fully saturated rings. The predicted molar refractivity (Wildman–Crippen MR) is 66.3 cm³/mol. The Morgan fingerprint density at radius 1 is 1.38 bits per heavy atom. The van der Waals surface area contributed by atoms with Gasteiger partial charge in [0.05, 0.1) is 0 Å². The zero-order valence-electron chi connectivity index (χ0n) is 10.2. The van der Waals surface area contributed by atoms with E-state index in [1.54, 1.807) is 0 Å². The Bertz CT molecular complexity index is 304. The second-order valence-electron chi connectivity index (χ2n) is 4.80. The Balaban J connectivity index is 2.16. The molecule has 1 aliphatic heterocycles. The van der Waals surface area contributed by atoms with Crippen molar-refractivity contribution in [1.82, 2.24) is 15.2 Å². The molecule has 0 saturated carbocycles. The lowest BCUT2D eigenvalue weighted by Gasteiger charge is -2.35. The lowest BCUT2D eigenvalue weighted by Crippen LogP contribution is -2.38. The number of nitrogens with one attached hydrogen (secondary N) is 1. The average Bonchev–Trinajstić information content (AvgIpc) is 2.31. The van der Waals surface area contributed by atoms with E-state index in [0.717, 1.165) is 6.54 Å². The van der Waals surface area contributed by atoms with Gasteiger partial charge in [-0.2, -0.15) is 0 Å². The summed E-state index contributed by atoms with van der Waals surface area (Å²) in [6, 6.07) is 4.79. The van der Waals surface area contributed by atoms with Crippen LogP contribution in [0.1, 0.15) is 24.4 Å². The van der Waals surface area contributed by atoms with Gasteiger partial charge in [-0.15, -0.1) is 0 Å². The normalized spacial score (nSPS) is 23.3. The average molecular weight is 219 g/mol. The summed E-state index contributed by atoms with van der Waals surface area (Å²) >= 11 is 0. The third kappa shape index (κ3) is 2.60. The van der Waals surface area contributed by atoms with Gasteiger partial charge < -0.3 is 10.2 Å². The second kappa shape index (κ2) is 5.41. The summed E-state index contributed by atoms with van der Waals surface area (Å²) < 4.78 is 0. The summed E-state index contributed by atoms with van der Waals surface area (Å²) in [5.74, 6) is 0.714. The first-order valence-corrected chi connectivity index (χ1v) is 6.06. The lowest BCUT2D eigenvalue weighted by molar-refractivity contribution is 0.181. The third-order valence-electron chi connectivity index (χ3n) is 3.39. The van der Waals surface area contributed by atoms with E-state index >= 15 is 0 Å². The molecule has 88 valence electrons. The maximum atomic E-state index is 4.10. The molecule has 2 rings (SSSR count). The number of hydrogen-bond donors (Lipinski definition) is 1. The molecule has 2 unspecified atom stereocenters. The third-order valence-corrected chi connectivity index (χ3v) is 3.39. The maximum absolute atomic E-state index is 4.10. The summed E-state index contributed by atoms with van der Waals surface area (Å²) in [7, 11) is 4.33. The van der Waals surface area contributed by atoms with Crippen LogP contribution in [-0.4, -0.2) is 37.1 Å². The van der Waals surface area contributed by atoms with E-state index in [9.17, 15) is 0 Å². The summed E-state index contributed by atoms with van der Waals surface area (Å²) in [6.07, 6.45) is 6.39. The maximum Gasteiger partial charge on any atom is 0.0383 e. The van der Waals surface area contributed by atoms with Crippen LogP contribution in [0.4, 0.5) is 0 Å². The molecule has 3 nitrogen and oxygen atoms in total. The van der Waals surface area contributed by atoms with E-state index < -0.39 is 0 Å². The lowest BCUT2D eigenvalue weighted by atomic mass is 9.87.